The van der Waals surface area contributed by atoms with E-state index in [9.17, 15) is 43.2 Å². The summed E-state index contributed by atoms with van der Waals surface area (Å²) < 4.78 is 68.6. The minimum Gasteiger partial charge on any atom is -0.462 e. The van der Waals surface area contributed by atoms with E-state index in [-0.39, 0.29) is 25.7 Å². The van der Waals surface area contributed by atoms with Gasteiger partial charge in [0, 0.05) is 25.7 Å². The first kappa shape index (κ1) is 97.1. The topological polar surface area (TPSA) is 237 Å². The number of phosphoric ester groups is 2. The molecule has 0 saturated heterocycles. The Labute approximate surface area is 607 Å². The molecule has 0 aliphatic carbocycles. The highest BCUT2D eigenvalue weighted by Gasteiger charge is 2.30. The van der Waals surface area contributed by atoms with Crippen molar-refractivity contribution in [1.82, 2.24) is 0 Å². The molecule has 0 saturated carbocycles. The summed E-state index contributed by atoms with van der Waals surface area (Å²) in [6.07, 6.45) is 64.1. The van der Waals surface area contributed by atoms with Crippen molar-refractivity contribution in [3.63, 3.8) is 0 Å². The van der Waals surface area contributed by atoms with Crippen molar-refractivity contribution in [2.75, 3.05) is 39.6 Å². The third-order valence-corrected chi connectivity index (χ3v) is 21.0. The molecule has 0 aromatic carbocycles. The Bertz CT molecular complexity index is 1890. The number of aliphatic hydroxyl groups is 1. The predicted molar refractivity (Wildman–Crippen MR) is 405 cm³/mol. The molecule has 588 valence electrons. The lowest BCUT2D eigenvalue weighted by atomic mass is 10.00. The zero-order valence-electron chi connectivity index (χ0n) is 64.6. The number of esters is 4. The van der Waals surface area contributed by atoms with Gasteiger partial charge in [-0.1, -0.05) is 375 Å². The summed E-state index contributed by atoms with van der Waals surface area (Å²) in [5.41, 5.74) is 0. The van der Waals surface area contributed by atoms with E-state index in [1.807, 2.05) is 0 Å². The van der Waals surface area contributed by atoms with Gasteiger partial charge in [0.05, 0.1) is 26.4 Å². The van der Waals surface area contributed by atoms with Gasteiger partial charge in [-0.25, -0.2) is 9.13 Å². The average Bonchev–Trinajstić information content (AvgIpc) is 1.47. The lowest BCUT2D eigenvalue weighted by molar-refractivity contribution is -0.161. The van der Waals surface area contributed by atoms with Crippen molar-refractivity contribution in [1.29, 1.82) is 0 Å². The molecule has 0 radical (unpaired) electrons. The largest absolute Gasteiger partial charge is 0.472 e. The van der Waals surface area contributed by atoms with Crippen molar-refractivity contribution in [3.05, 3.63) is 0 Å². The second-order valence-electron chi connectivity index (χ2n) is 29.1. The van der Waals surface area contributed by atoms with E-state index in [0.29, 0.717) is 25.7 Å². The molecule has 0 aliphatic heterocycles. The summed E-state index contributed by atoms with van der Waals surface area (Å²) in [5.74, 6) is -1.39. The molecule has 0 rings (SSSR count). The number of hydrogen-bond acceptors (Lipinski definition) is 15. The van der Waals surface area contributed by atoms with Crippen LogP contribution in [0.5, 0.6) is 0 Å². The summed E-state index contributed by atoms with van der Waals surface area (Å²) in [6, 6.07) is 0. The van der Waals surface area contributed by atoms with Gasteiger partial charge in [0.25, 0.3) is 0 Å². The maximum atomic E-state index is 13.1. The zero-order valence-corrected chi connectivity index (χ0v) is 66.4. The quantitative estimate of drug-likeness (QED) is 0.0222. The molecule has 19 heteroatoms. The van der Waals surface area contributed by atoms with Gasteiger partial charge in [0.2, 0.25) is 0 Å². The number of rotatable bonds is 80. The second-order valence-corrected chi connectivity index (χ2v) is 32.0. The van der Waals surface area contributed by atoms with Crippen LogP contribution in [-0.4, -0.2) is 96.7 Å². The Morgan fingerprint density at radius 2 is 0.485 bits per heavy atom. The fraction of sp³-hybridized carbons (Fsp3) is 0.950. The average molecular weight is 1450 g/mol. The van der Waals surface area contributed by atoms with Crippen LogP contribution in [0.25, 0.3) is 0 Å². The molecule has 99 heavy (non-hydrogen) atoms. The molecular weight excluding hydrogens is 1290 g/mol. The molecule has 0 fully saturated rings. The van der Waals surface area contributed by atoms with E-state index in [4.69, 9.17) is 37.0 Å². The first-order valence-electron chi connectivity index (χ1n) is 41.7. The van der Waals surface area contributed by atoms with Crippen LogP contribution in [0.3, 0.4) is 0 Å². The van der Waals surface area contributed by atoms with E-state index in [1.54, 1.807) is 0 Å². The Hall–Kier alpha value is -1.94. The molecule has 0 bridgehead atoms. The normalized spacial score (nSPS) is 14.1. The molecule has 0 amide bonds. The van der Waals surface area contributed by atoms with Crippen LogP contribution in [-0.2, 0) is 65.4 Å². The van der Waals surface area contributed by atoms with Crippen LogP contribution < -0.4 is 0 Å². The molecule has 3 N–H and O–H groups in total. The third-order valence-electron chi connectivity index (χ3n) is 19.1. The van der Waals surface area contributed by atoms with Gasteiger partial charge in [-0.2, -0.15) is 0 Å². The van der Waals surface area contributed by atoms with Crippen LogP contribution in [0, 0.1) is 5.92 Å². The van der Waals surface area contributed by atoms with Gasteiger partial charge in [-0.05, 0) is 31.6 Å². The van der Waals surface area contributed by atoms with Gasteiger partial charge in [-0.3, -0.25) is 37.3 Å². The molecule has 0 aromatic heterocycles. The van der Waals surface area contributed by atoms with Crippen LogP contribution in [0.2, 0.25) is 0 Å². The molecular formula is C80H156O17P2. The van der Waals surface area contributed by atoms with Gasteiger partial charge < -0.3 is 33.8 Å². The molecule has 6 atom stereocenters. The van der Waals surface area contributed by atoms with Crippen molar-refractivity contribution < 1.29 is 80.2 Å². The molecule has 3 unspecified atom stereocenters. The SMILES string of the molecule is CCCCCCCCCCCCCCCCCCCCCCCC(=O)O[C@H](COC(=O)CCCCCCCCCCCCCCCCCCCC)COP(=O)(O)OC[C@@H](O)COP(=O)(O)OC[C@@H](COC(=O)CCCCCCCCCCCC)OC(=O)CCCCCCCCC(C)CC. The van der Waals surface area contributed by atoms with Gasteiger partial charge in [-0.15, -0.1) is 0 Å². The van der Waals surface area contributed by atoms with Crippen LogP contribution in [0.1, 0.15) is 426 Å². The minimum atomic E-state index is -4.96. The lowest BCUT2D eigenvalue weighted by Gasteiger charge is -2.21. The van der Waals surface area contributed by atoms with E-state index >= 15 is 0 Å². The van der Waals surface area contributed by atoms with Crippen molar-refractivity contribution in [2.45, 2.75) is 445 Å². The summed E-state index contributed by atoms with van der Waals surface area (Å²) in [5, 5.41) is 10.6. The van der Waals surface area contributed by atoms with Crippen molar-refractivity contribution >= 4 is 39.5 Å². The predicted octanol–water partition coefficient (Wildman–Crippen LogP) is 24.0. The molecule has 0 spiro atoms. The second kappa shape index (κ2) is 73.0. The number of carbonyl (C=O) groups is 4. The number of carbonyl (C=O) groups excluding carboxylic acids is 4. The van der Waals surface area contributed by atoms with E-state index in [2.05, 4.69) is 34.6 Å². The fourth-order valence-corrected chi connectivity index (χ4v) is 14.0. The van der Waals surface area contributed by atoms with Crippen LogP contribution in [0.15, 0.2) is 0 Å². The molecule has 0 heterocycles. The van der Waals surface area contributed by atoms with Gasteiger partial charge in [0.1, 0.15) is 19.3 Å². The first-order chi connectivity index (χ1) is 48.1. The van der Waals surface area contributed by atoms with Crippen molar-refractivity contribution in [3.8, 4) is 0 Å². The maximum Gasteiger partial charge on any atom is 0.472 e. The Morgan fingerprint density at radius 1 is 0.283 bits per heavy atom. The van der Waals surface area contributed by atoms with Crippen molar-refractivity contribution in [2.24, 2.45) is 5.92 Å². The number of unbranched alkanes of at least 4 members (excludes halogenated alkanes) is 51. The number of ether oxygens (including phenoxy) is 4. The standard InChI is InChI=1S/C80H156O17P2/c1-6-10-13-16-19-22-25-27-29-31-33-34-35-37-39-41-43-46-49-55-60-65-79(84)96-75(69-90-78(83)64-59-54-48-45-42-40-38-36-32-30-28-26-23-20-17-14-11-7-2)71-94-98(86,87)92-67-74(81)68-93-99(88,89)95-72-76(97-80(85)66-61-56-51-50-52-57-62-73(5)9-4)70-91-77(82)63-58-53-47-44-24-21-18-15-12-8-3/h73-76,81H,6-72H2,1-5H3,(H,86,87)(H,88,89)/t73?,74-,75-,76-/m1/s1. The number of phosphoric acid groups is 2. The summed E-state index contributed by atoms with van der Waals surface area (Å²) in [6.45, 7) is 7.26. The Morgan fingerprint density at radius 3 is 0.717 bits per heavy atom. The Kier molecular flexibility index (Phi) is 71.6. The van der Waals surface area contributed by atoms with E-state index < -0.39 is 97.5 Å². The van der Waals surface area contributed by atoms with E-state index in [0.717, 1.165) is 95.8 Å². The maximum absolute atomic E-state index is 13.1. The first-order valence-corrected chi connectivity index (χ1v) is 44.7. The van der Waals surface area contributed by atoms with E-state index in [1.165, 1.54) is 250 Å². The highest BCUT2D eigenvalue weighted by molar-refractivity contribution is 7.47. The van der Waals surface area contributed by atoms with Gasteiger partial charge in [0.15, 0.2) is 12.2 Å². The third kappa shape index (κ3) is 72.8. The number of hydrogen-bond donors (Lipinski definition) is 3. The number of aliphatic hydroxyl groups excluding tert-OH is 1. The summed E-state index contributed by atoms with van der Waals surface area (Å²) in [7, 11) is -9.91. The van der Waals surface area contributed by atoms with Crippen LogP contribution in [0.4, 0.5) is 0 Å². The zero-order chi connectivity index (χ0) is 72.7. The molecule has 0 aromatic rings. The highest BCUT2D eigenvalue weighted by Crippen LogP contribution is 2.45. The monoisotopic (exact) mass is 1450 g/mol. The summed E-state index contributed by atoms with van der Waals surface area (Å²) >= 11 is 0. The smallest absolute Gasteiger partial charge is 0.462 e. The Balaban J connectivity index is 5.19. The molecule has 0 aliphatic rings. The summed E-state index contributed by atoms with van der Waals surface area (Å²) in [4.78, 5) is 72.9. The highest BCUT2D eigenvalue weighted by atomic mass is 31.2. The van der Waals surface area contributed by atoms with Gasteiger partial charge >= 0.3 is 39.5 Å². The van der Waals surface area contributed by atoms with Crippen LogP contribution >= 0.6 is 15.6 Å². The minimum absolute atomic E-state index is 0.104. The lowest BCUT2D eigenvalue weighted by Crippen LogP contribution is -2.30. The fourth-order valence-electron chi connectivity index (χ4n) is 12.4. The molecule has 17 nitrogen and oxygen atoms in total.